The van der Waals surface area contributed by atoms with E-state index in [0.717, 1.165) is 38.3 Å². The summed E-state index contributed by atoms with van der Waals surface area (Å²) in [4.78, 5) is 7.08. The van der Waals surface area contributed by atoms with Crippen LogP contribution >= 0.6 is 12.4 Å². The second kappa shape index (κ2) is 8.07. The smallest absolute Gasteiger partial charge is 0.243 e. The van der Waals surface area contributed by atoms with E-state index in [1.165, 1.54) is 24.8 Å². The molecular formula is C20H29ClN4O. The minimum absolute atomic E-state index is 0. The number of hydrogen-bond acceptors (Lipinski definition) is 5. The Labute approximate surface area is 161 Å². The van der Waals surface area contributed by atoms with Gasteiger partial charge in [0, 0.05) is 0 Å². The van der Waals surface area contributed by atoms with Crippen LogP contribution in [0.4, 0.5) is 0 Å². The van der Waals surface area contributed by atoms with Crippen LogP contribution in [-0.2, 0) is 12.0 Å². The first-order valence-electron chi connectivity index (χ1n) is 9.55. The highest BCUT2D eigenvalue weighted by Crippen LogP contribution is 2.37. The maximum Gasteiger partial charge on any atom is 0.243 e. The lowest BCUT2D eigenvalue weighted by atomic mass is 9.77. The molecule has 1 aliphatic heterocycles. The lowest BCUT2D eigenvalue weighted by Gasteiger charge is -2.35. The van der Waals surface area contributed by atoms with Crippen LogP contribution < -0.4 is 5.73 Å². The third kappa shape index (κ3) is 3.95. The van der Waals surface area contributed by atoms with Crippen LogP contribution in [0.2, 0.25) is 0 Å². The normalized spacial score (nSPS) is 21.6. The second-order valence-electron chi connectivity index (χ2n) is 7.81. The lowest BCUT2D eigenvalue weighted by molar-refractivity contribution is 0.119. The van der Waals surface area contributed by atoms with Gasteiger partial charge in [-0.2, -0.15) is 4.98 Å². The minimum atomic E-state index is -0.343. The average molecular weight is 377 g/mol. The topological polar surface area (TPSA) is 68.2 Å². The quantitative estimate of drug-likeness (QED) is 0.858. The lowest BCUT2D eigenvalue weighted by Crippen LogP contribution is -2.44. The number of benzene rings is 1. The van der Waals surface area contributed by atoms with Crippen LogP contribution in [0.1, 0.15) is 62.3 Å². The van der Waals surface area contributed by atoms with Crippen molar-refractivity contribution in [3.63, 3.8) is 0 Å². The molecular weight excluding hydrogens is 348 g/mol. The molecule has 26 heavy (non-hydrogen) atoms. The number of aromatic nitrogens is 2. The van der Waals surface area contributed by atoms with Crippen LogP contribution in [0, 0.1) is 5.92 Å². The molecule has 1 aromatic heterocycles. The molecule has 1 atom stereocenters. The fourth-order valence-electron chi connectivity index (χ4n) is 4.04. The molecule has 4 rings (SSSR count). The first-order valence-corrected chi connectivity index (χ1v) is 9.55. The van der Waals surface area contributed by atoms with E-state index >= 15 is 0 Å². The van der Waals surface area contributed by atoms with Crippen molar-refractivity contribution >= 4 is 12.4 Å². The van der Waals surface area contributed by atoms with Crippen LogP contribution in [-0.4, -0.2) is 28.1 Å². The molecule has 1 unspecified atom stereocenters. The summed E-state index contributed by atoms with van der Waals surface area (Å²) in [5.74, 6) is 2.18. The van der Waals surface area contributed by atoms with Gasteiger partial charge in [0.1, 0.15) is 0 Å². The largest absolute Gasteiger partial charge is 0.338 e. The Bertz CT molecular complexity index is 693. The van der Waals surface area contributed by atoms with Crippen molar-refractivity contribution in [1.29, 1.82) is 0 Å². The summed E-state index contributed by atoms with van der Waals surface area (Å²) < 4.78 is 5.54. The average Bonchev–Trinajstić information content (AvgIpc) is 3.11. The maximum atomic E-state index is 6.31. The zero-order valence-electron chi connectivity index (χ0n) is 15.4. The standard InChI is InChI=1S/C20H28N4O.ClH/c1-15(18-22-19(23-25-18)20(21)10-5-11-20)24-12-8-17(9-13-24)14-16-6-3-2-4-7-16;/h2-4,6-7,15,17H,5,8-14,21H2,1H3;1H. The zero-order chi connectivity index (χ0) is 17.3. The minimum Gasteiger partial charge on any atom is -0.338 e. The van der Waals surface area contributed by atoms with Crippen molar-refractivity contribution in [1.82, 2.24) is 15.0 Å². The van der Waals surface area contributed by atoms with Crippen LogP contribution in [0.3, 0.4) is 0 Å². The van der Waals surface area contributed by atoms with Gasteiger partial charge < -0.3 is 10.3 Å². The second-order valence-corrected chi connectivity index (χ2v) is 7.81. The number of rotatable bonds is 5. The number of piperidine rings is 1. The first kappa shape index (κ1) is 19.3. The van der Waals surface area contributed by atoms with E-state index in [1.807, 2.05) is 0 Å². The van der Waals surface area contributed by atoms with Gasteiger partial charge in [0.05, 0.1) is 11.6 Å². The van der Waals surface area contributed by atoms with Crippen molar-refractivity contribution in [3.8, 4) is 0 Å². The monoisotopic (exact) mass is 376 g/mol. The Morgan fingerprint density at radius 1 is 1.23 bits per heavy atom. The Morgan fingerprint density at radius 3 is 2.54 bits per heavy atom. The van der Waals surface area contributed by atoms with Gasteiger partial charge in [-0.25, -0.2) is 0 Å². The zero-order valence-corrected chi connectivity index (χ0v) is 16.3. The predicted octanol–water partition coefficient (Wildman–Crippen LogP) is 3.85. The molecule has 2 fully saturated rings. The summed E-state index contributed by atoms with van der Waals surface area (Å²) in [6.45, 7) is 4.34. The van der Waals surface area contributed by atoms with E-state index in [9.17, 15) is 0 Å². The van der Waals surface area contributed by atoms with Crippen molar-refractivity contribution in [2.24, 2.45) is 11.7 Å². The van der Waals surface area contributed by atoms with Crippen molar-refractivity contribution in [3.05, 3.63) is 47.6 Å². The number of likely N-dealkylation sites (tertiary alicyclic amines) is 1. The number of halogens is 1. The summed E-state index contributed by atoms with van der Waals surface area (Å²) in [5, 5.41) is 4.16. The molecule has 2 heterocycles. The molecule has 0 spiro atoms. The SMILES string of the molecule is CC(c1nc(C2(N)CCC2)no1)N1CCC(Cc2ccccc2)CC1.Cl. The maximum absolute atomic E-state index is 6.31. The summed E-state index contributed by atoms with van der Waals surface area (Å²) >= 11 is 0. The Kier molecular flexibility index (Phi) is 6.00. The Hall–Kier alpha value is -1.43. The highest BCUT2D eigenvalue weighted by Gasteiger charge is 2.39. The molecule has 1 saturated heterocycles. The highest BCUT2D eigenvalue weighted by atomic mass is 35.5. The molecule has 142 valence electrons. The Balaban J connectivity index is 0.00000196. The third-order valence-electron chi connectivity index (χ3n) is 6.05. The van der Waals surface area contributed by atoms with Crippen LogP contribution in [0.15, 0.2) is 34.9 Å². The molecule has 0 amide bonds. The van der Waals surface area contributed by atoms with Gasteiger partial charge in [0.25, 0.3) is 0 Å². The number of hydrogen-bond donors (Lipinski definition) is 1. The number of nitrogens with zero attached hydrogens (tertiary/aromatic N) is 3. The van der Waals surface area contributed by atoms with Gasteiger partial charge in [-0.05, 0) is 70.0 Å². The molecule has 6 heteroatoms. The van der Waals surface area contributed by atoms with E-state index in [-0.39, 0.29) is 24.0 Å². The summed E-state index contributed by atoms with van der Waals surface area (Å²) in [7, 11) is 0. The van der Waals surface area contributed by atoms with E-state index in [0.29, 0.717) is 11.7 Å². The van der Waals surface area contributed by atoms with Crippen LogP contribution in [0.25, 0.3) is 0 Å². The first-order chi connectivity index (χ1) is 12.1. The van der Waals surface area contributed by atoms with Crippen molar-refractivity contribution < 1.29 is 4.52 Å². The van der Waals surface area contributed by atoms with Gasteiger partial charge in [0.15, 0.2) is 5.82 Å². The van der Waals surface area contributed by atoms with Crippen LogP contribution in [0.5, 0.6) is 0 Å². The van der Waals surface area contributed by atoms with E-state index in [2.05, 4.69) is 52.3 Å². The molecule has 2 aliphatic rings. The molecule has 2 N–H and O–H groups in total. The fraction of sp³-hybridized carbons (Fsp3) is 0.600. The van der Waals surface area contributed by atoms with E-state index in [1.54, 1.807) is 0 Å². The van der Waals surface area contributed by atoms with Crippen molar-refractivity contribution in [2.75, 3.05) is 13.1 Å². The molecule has 1 aliphatic carbocycles. The summed E-state index contributed by atoms with van der Waals surface area (Å²) in [6.07, 6.45) is 6.72. The fourth-order valence-corrected chi connectivity index (χ4v) is 4.04. The molecule has 5 nitrogen and oxygen atoms in total. The van der Waals surface area contributed by atoms with E-state index in [4.69, 9.17) is 10.3 Å². The molecule has 1 saturated carbocycles. The van der Waals surface area contributed by atoms with Gasteiger partial charge in [-0.3, -0.25) is 4.90 Å². The summed E-state index contributed by atoms with van der Waals surface area (Å²) in [6, 6.07) is 11.0. The molecule has 0 radical (unpaired) electrons. The van der Waals surface area contributed by atoms with Gasteiger partial charge in [-0.1, -0.05) is 35.5 Å². The van der Waals surface area contributed by atoms with Gasteiger partial charge >= 0.3 is 0 Å². The molecule has 1 aromatic carbocycles. The molecule has 0 bridgehead atoms. The number of nitrogens with two attached hydrogens (primary N) is 1. The summed E-state index contributed by atoms with van der Waals surface area (Å²) in [5.41, 5.74) is 7.41. The van der Waals surface area contributed by atoms with Crippen molar-refractivity contribution in [2.45, 2.75) is 57.0 Å². The van der Waals surface area contributed by atoms with Gasteiger partial charge in [-0.15, -0.1) is 12.4 Å². The Morgan fingerprint density at radius 2 is 1.92 bits per heavy atom. The predicted molar refractivity (Wildman–Crippen MR) is 104 cm³/mol. The highest BCUT2D eigenvalue weighted by molar-refractivity contribution is 5.85. The molecule has 2 aromatic rings. The third-order valence-corrected chi connectivity index (χ3v) is 6.05. The van der Waals surface area contributed by atoms with E-state index < -0.39 is 0 Å². The van der Waals surface area contributed by atoms with Gasteiger partial charge in [0.2, 0.25) is 5.89 Å².